The molecule has 0 aromatic heterocycles. The third-order valence-electron chi connectivity index (χ3n) is 1.26. The van der Waals surface area contributed by atoms with Gasteiger partial charge in [-0.2, -0.15) is 0 Å². The summed E-state index contributed by atoms with van der Waals surface area (Å²) in [4.78, 5) is 10.7. The zero-order valence-corrected chi connectivity index (χ0v) is 7.17. The molecule has 0 aromatic carbocycles. The Hall–Kier alpha value is -1.57. The van der Waals surface area contributed by atoms with Crippen molar-refractivity contribution in [1.82, 2.24) is 0 Å². The van der Waals surface area contributed by atoms with Crippen molar-refractivity contribution in [2.24, 2.45) is 0 Å². The van der Waals surface area contributed by atoms with E-state index in [1.807, 2.05) is 0 Å². The van der Waals surface area contributed by atoms with Crippen molar-refractivity contribution >= 4 is 5.97 Å². The highest BCUT2D eigenvalue weighted by atomic mass is 16.5. The first-order valence-electron chi connectivity index (χ1n) is 3.45. The molecule has 0 amide bonds. The third kappa shape index (κ3) is 3.01. The molecule has 2 nitrogen and oxygen atoms in total. The van der Waals surface area contributed by atoms with Crippen molar-refractivity contribution in [3.05, 3.63) is 49.3 Å². The van der Waals surface area contributed by atoms with Gasteiger partial charge in [0.2, 0.25) is 0 Å². The summed E-state index contributed by atoms with van der Waals surface area (Å²) < 4.78 is 4.83. The van der Waals surface area contributed by atoms with Gasteiger partial charge in [0.05, 0.1) is 0 Å². The number of carbonyl (C=O) groups excluding carboxylic acids is 1. The summed E-state index contributed by atoms with van der Waals surface area (Å²) >= 11 is 0. The van der Waals surface area contributed by atoms with Crippen LogP contribution < -0.4 is 0 Å². The molecule has 0 saturated carbocycles. The van der Waals surface area contributed by atoms with Crippen LogP contribution in [-0.4, -0.2) is 5.97 Å². The lowest BCUT2D eigenvalue weighted by atomic mass is 10.2. The average molecular weight is 164 g/mol. The summed E-state index contributed by atoms with van der Waals surface area (Å²) in [6.07, 6.45) is 4.14. The van der Waals surface area contributed by atoms with E-state index in [1.165, 1.54) is 6.08 Å². The second kappa shape index (κ2) is 5.13. The topological polar surface area (TPSA) is 26.3 Å². The fourth-order valence-electron chi connectivity index (χ4n) is 0.534. The molecule has 0 unspecified atom stereocenters. The first kappa shape index (κ1) is 10.4. The van der Waals surface area contributed by atoms with E-state index in [2.05, 4.69) is 19.7 Å². The minimum absolute atomic E-state index is 0.412. The molecule has 0 spiro atoms. The van der Waals surface area contributed by atoms with Crippen molar-refractivity contribution < 1.29 is 9.53 Å². The minimum atomic E-state index is -0.494. The van der Waals surface area contributed by atoms with Gasteiger partial charge in [-0.1, -0.05) is 25.8 Å². The molecule has 0 rings (SSSR count). The molecule has 0 aliphatic carbocycles. The Morgan fingerprint density at radius 2 is 1.75 bits per heavy atom. The molecule has 0 atom stereocenters. The first-order chi connectivity index (χ1) is 5.65. The molecule has 2 heteroatoms. The van der Waals surface area contributed by atoms with Crippen LogP contribution >= 0.6 is 0 Å². The predicted molar refractivity (Wildman–Crippen MR) is 49.4 cm³/mol. The highest BCUT2D eigenvalue weighted by molar-refractivity contribution is 5.82. The van der Waals surface area contributed by atoms with Crippen molar-refractivity contribution in [3.63, 3.8) is 0 Å². The van der Waals surface area contributed by atoms with Gasteiger partial charge >= 0.3 is 5.97 Å². The Morgan fingerprint density at radius 1 is 1.17 bits per heavy atom. The Kier molecular flexibility index (Phi) is 4.46. The summed E-state index contributed by atoms with van der Waals surface area (Å²) in [5.41, 5.74) is 0.764. The summed E-state index contributed by atoms with van der Waals surface area (Å²) in [5.74, 6) is -0.0824. The number of carbonyl (C=O) groups is 1. The second-order valence-corrected chi connectivity index (χ2v) is 2.08. The average Bonchev–Trinajstić information content (AvgIpc) is 2.12. The van der Waals surface area contributed by atoms with Crippen LogP contribution in [0.25, 0.3) is 0 Å². The fraction of sp³-hybridized carbons (Fsp3) is 0.100. The van der Waals surface area contributed by atoms with Crippen LogP contribution in [0.1, 0.15) is 6.92 Å². The van der Waals surface area contributed by atoms with E-state index < -0.39 is 5.97 Å². The van der Waals surface area contributed by atoms with E-state index in [0.29, 0.717) is 5.76 Å². The summed E-state index contributed by atoms with van der Waals surface area (Å²) in [5, 5.41) is 0. The number of hydrogen-bond donors (Lipinski definition) is 0. The van der Waals surface area contributed by atoms with E-state index in [-0.39, 0.29) is 0 Å². The lowest BCUT2D eigenvalue weighted by Gasteiger charge is -2.03. The van der Waals surface area contributed by atoms with Crippen LogP contribution in [0.2, 0.25) is 0 Å². The molecule has 0 bridgehead atoms. The van der Waals surface area contributed by atoms with Crippen LogP contribution in [0.3, 0.4) is 0 Å². The Balaban J connectivity index is 4.58. The summed E-state index contributed by atoms with van der Waals surface area (Å²) in [6.45, 7) is 12.1. The van der Waals surface area contributed by atoms with Crippen LogP contribution in [0, 0.1) is 0 Å². The Labute approximate surface area is 72.5 Å². The van der Waals surface area contributed by atoms with Crippen LogP contribution in [0.15, 0.2) is 49.3 Å². The molecular formula is C10H12O2. The first-order valence-corrected chi connectivity index (χ1v) is 3.45. The van der Waals surface area contributed by atoms with Gasteiger partial charge in [-0.05, 0) is 18.6 Å². The number of esters is 1. The van der Waals surface area contributed by atoms with E-state index >= 15 is 0 Å². The summed E-state index contributed by atoms with van der Waals surface area (Å²) in [7, 11) is 0. The number of allylic oxidation sites excluding steroid dienone is 3. The van der Waals surface area contributed by atoms with Gasteiger partial charge in [0, 0.05) is 6.08 Å². The molecule has 0 heterocycles. The SMILES string of the molecule is C=CC(=O)O/C(C=C)=C(\C)C=C. The Morgan fingerprint density at radius 3 is 2.08 bits per heavy atom. The van der Waals surface area contributed by atoms with Gasteiger partial charge in [0.25, 0.3) is 0 Å². The predicted octanol–water partition coefficient (Wildman–Crippen LogP) is 2.36. The normalized spacial score (nSPS) is 11.1. The molecule has 64 valence electrons. The molecule has 0 fully saturated rings. The van der Waals surface area contributed by atoms with E-state index in [1.54, 1.807) is 13.0 Å². The smallest absolute Gasteiger partial charge is 0.335 e. The van der Waals surface area contributed by atoms with Crippen LogP contribution in [0.5, 0.6) is 0 Å². The maximum Gasteiger partial charge on any atom is 0.335 e. The fourth-order valence-corrected chi connectivity index (χ4v) is 0.534. The lowest BCUT2D eigenvalue weighted by Crippen LogP contribution is -1.99. The van der Waals surface area contributed by atoms with Crippen molar-refractivity contribution in [2.45, 2.75) is 6.92 Å². The number of hydrogen-bond acceptors (Lipinski definition) is 2. The highest BCUT2D eigenvalue weighted by Crippen LogP contribution is 2.07. The van der Waals surface area contributed by atoms with Gasteiger partial charge in [-0.25, -0.2) is 4.79 Å². The highest BCUT2D eigenvalue weighted by Gasteiger charge is 2.00. The van der Waals surface area contributed by atoms with E-state index in [9.17, 15) is 4.79 Å². The molecule has 0 saturated heterocycles. The zero-order chi connectivity index (χ0) is 9.56. The van der Waals surface area contributed by atoms with Crippen molar-refractivity contribution in [1.29, 1.82) is 0 Å². The quantitative estimate of drug-likeness (QED) is 0.276. The molecule has 12 heavy (non-hydrogen) atoms. The molecular weight excluding hydrogens is 152 g/mol. The van der Waals surface area contributed by atoms with Crippen LogP contribution in [-0.2, 0) is 9.53 Å². The standard InChI is InChI=1S/C10H12O2/c1-5-8(4)9(6-2)12-10(11)7-3/h5-7H,1-3H2,4H3/b9-8+. The second-order valence-electron chi connectivity index (χ2n) is 2.08. The van der Waals surface area contributed by atoms with Gasteiger partial charge in [0.15, 0.2) is 0 Å². The van der Waals surface area contributed by atoms with Gasteiger partial charge < -0.3 is 4.74 Å². The molecule has 0 N–H and O–H groups in total. The lowest BCUT2D eigenvalue weighted by molar-refractivity contribution is -0.133. The maximum absolute atomic E-state index is 10.7. The molecule has 0 aliphatic rings. The number of ether oxygens (including phenoxy) is 1. The van der Waals surface area contributed by atoms with Gasteiger partial charge in [-0.3, -0.25) is 0 Å². The summed E-state index contributed by atoms with van der Waals surface area (Å²) in [6, 6.07) is 0. The largest absolute Gasteiger partial charge is 0.423 e. The van der Waals surface area contributed by atoms with Crippen LogP contribution in [0.4, 0.5) is 0 Å². The molecule has 0 aromatic rings. The van der Waals surface area contributed by atoms with E-state index in [4.69, 9.17) is 4.74 Å². The number of rotatable bonds is 4. The zero-order valence-electron chi connectivity index (χ0n) is 7.17. The monoisotopic (exact) mass is 164 g/mol. The maximum atomic E-state index is 10.7. The molecule has 0 radical (unpaired) electrons. The van der Waals surface area contributed by atoms with Gasteiger partial charge in [0.1, 0.15) is 5.76 Å². The Bertz CT molecular complexity index is 247. The van der Waals surface area contributed by atoms with Crippen molar-refractivity contribution in [2.75, 3.05) is 0 Å². The van der Waals surface area contributed by atoms with Gasteiger partial charge in [-0.15, -0.1) is 0 Å². The molecule has 0 aliphatic heterocycles. The van der Waals surface area contributed by atoms with E-state index in [0.717, 1.165) is 11.6 Å². The van der Waals surface area contributed by atoms with Crippen molar-refractivity contribution in [3.8, 4) is 0 Å². The third-order valence-corrected chi connectivity index (χ3v) is 1.26. The minimum Gasteiger partial charge on any atom is -0.423 e.